The molecule has 96 valence electrons. The van der Waals surface area contributed by atoms with E-state index in [9.17, 15) is 8.42 Å². The molecule has 0 spiro atoms. The Kier molecular flexibility index (Phi) is 3.89. The van der Waals surface area contributed by atoms with Gasteiger partial charge in [-0.05, 0) is 19.1 Å². The fraction of sp³-hybridized carbons (Fsp3) is 0.182. The Morgan fingerprint density at radius 2 is 2.22 bits per heavy atom. The van der Waals surface area contributed by atoms with Crippen molar-refractivity contribution in [2.75, 3.05) is 9.93 Å². The minimum Gasteiger partial charge on any atom is -0.283 e. The monoisotopic (exact) mass is 302 g/mol. The van der Waals surface area contributed by atoms with Gasteiger partial charge in [0.15, 0.2) is 0 Å². The number of hydrogen-bond donors (Lipinski definition) is 1. The first kappa shape index (κ1) is 13.3. The molecule has 0 saturated heterocycles. The first-order valence-electron chi connectivity index (χ1n) is 5.09. The van der Waals surface area contributed by atoms with Gasteiger partial charge in [0.1, 0.15) is 5.21 Å². The van der Waals surface area contributed by atoms with E-state index in [4.69, 9.17) is 11.6 Å². The van der Waals surface area contributed by atoms with Crippen LogP contribution in [0.4, 0.5) is 5.69 Å². The highest BCUT2D eigenvalue weighted by Gasteiger charge is 2.09. The second kappa shape index (κ2) is 5.26. The largest absolute Gasteiger partial charge is 0.283 e. The summed E-state index contributed by atoms with van der Waals surface area (Å²) in [7, 11) is -3.47. The van der Waals surface area contributed by atoms with Crippen LogP contribution in [0.25, 0.3) is 11.3 Å². The highest BCUT2D eigenvalue weighted by atomic mass is 35.5. The summed E-state index contributed by atoms with van der Waals surface area (Å²) >= 11 is 6.89. The molecule has 2 rings (SSSR count). The molecule has 0 fully saturated rings. The molecule has 0 atom stereocenters. The molecule has 0 bridgehead atoms. The third-order valence-corrected chi connectivity index (χ3v) is 4.66. The summed E-state index contributed by atoms with van der Waals surface area (Å²) in [5.74, 6) is 0. The fourth-order valence-electron chi connectivity index (χ4n) is 1.44. The highest BCUT2D eigenvalue weighted by molar-refractivity contribution is 7.93. The number of aromatic nitrogens is 1. The smallest absolute Gasteiger partial charge is 0.246 e. The van der Waals surface area contributed by atoms with Crippen LogP contribution >= 0.6 is 22.9 Å². The van der Waals surface area contributed by atoms with Gasteiger partial charge < -0.3 is 0 Å². The van der Waals surface area contributed by atoms with Gasteiger partial charge in [0.25, 0.3) is 0 Å². The Bertz CT molecular complexity index is 653. The van der Waals surface area contributed by atoms with Crippen molar-refractivity contribution in [2.45, 2.75) is 6.92 Å². The summed E-state index contributed by atoms with van der Waals surface area (Å²) in [6, 6.07) is 7.06. The van der Waals surface area contributed by atoms with Crippen LogP contribution in [-0.4, -0.2) is 18.6 Å². The minimum absolute atomic E-state index is 0.465. The summed E-state index contributed by atoms with van der Waals surface area (Å²) in [5.41, 5.74) is 2.19. The van der Waals surface area contributed by atoms with Crippen LogP contribution in [0.2, 0.25) is 0 Å². The van der Waals surface area contributed by atoms with Crippen molar-refractivity contribution in [1.29, 1.82) is 0 Å². The molecule has 0 aliphatic carbocycles. The molecule has 7 heteroatoms. The molecule has 0 radical (unpaired) electrons. The van der Waals surface area contributed by atoms with Crippen molar-refractivity contribution in [3.63, 3.8) is 0 Å². The zero-order valence-electron chi connectivity index (χ0n) is 9.55. The maximum absolute atomic E-state index is 11.4. The van der Waals surface area contributed by atoms with Gasteiger partial charge in [-0.15, -0.1) is 22.9 Å². The number of thiazole rings is 1. The zero-order chi connectivity index (χ0) is 13.2. The molecular formula is C11H11ClN2O2S2. The first-order valence-corrected chi connectivity index (χ1v) is 8.16. The van der Waals surface area contributed by atoms with Gasteiger partial charge in [0, 0.05) is 16.6 Å². The van der Waals surface area contributed by atoms with Gasteiger partial charge in [0.05, 0.1) is 10.7 Å². The standard InChI is InChI=1S/C11H11ClN2O2S2/c1-8-13-11(6-17-8)9-3-2-4-10(5-9)14-18(15,16)7-12/h2-6,14H,7H2,1H3. The second-order valence-electron chi connectivity index (χ2n) is 3.66. The van der Waals surface area contributed by atoms with E-state index in [1.807, 2.05) is 18.4 Å². The molecule has 18 heavy (non-hydrogen) atoms. The van der Waals surface area contributed by atoms with Gasteiger partial charge in [-0.1, -0.05) is 12.1 Å². The molecule has 1 N–H and O–H groups in total. The number of alkyl halides is 1. The molecular weight excluding hydrogens is 292 g/mol. The van der Waals surface area contributed by atoms with E-state index in [-0.39, 0.29) is 0 Å². The number of sulfonamides is 1. The lowest BCUT2D eigenvalue weighted by Gasteiger charge is -2.06. The average Bonchev–Trinajstić information content (AvgIpc) is 2.76. The van der Waals surface area contributed by atoms with E-state index in [1.54, 1.807) is 29.5 Å². The Hall–Kier alpha value is -1.11. The van der Waals surface area contributed by atoms with Crippen molar-refractivity contribution < 1.29 is 8.42 Å². The summed E-state index contributed by atoms with van der Waals surface area (Å²) in [6.07, 6.45) is 0. The van der Waals surface area contributed by atoms with E-state index in [2.05, 4.69) is 9.71 Å². The van der Waals surface area contributed by atoms with Gasteiger partial charge in [0.2, 0.25) is 10.0 Å². The molecule has 0 aliphatic rings. The second-order valence-corrected chi connectivity index (χ2v) is 7.03. The third-order valence-electron chi connectivity index (χ3n) is 2.19. The van der Waals surface area contributed by atoms with Crippen LogP contribution < -0.4 is 4.72 Å². The topological polar surface area (TPSA) is 59.1 Å². The van der Waals surface area contributed by atoms with Crippen molar-refractivity contribution in [1.82, 2.24) is 4.98 Å². The van der Waals surface area contributed by atoms with Gasteiger partial charge in [-0.3, -0.25) is 4.72 Å². The van der Waals surface area contributed by atoms with Crippen molar-refractivity contribution >= 4 is 38.6 Å². The molecule has 0 amide bonds. The van der Waals surface area contributed by atoms with Crippen LogP contribution in [0.3, 0.4) is 0 Å². The highest BCUT2D eigenvalue weighted by Crippen LogP contribution is 2.24. The maximum atomic E-state index is 11.4. The lowest BCUT2D eigenvalue weighted by Crippen LogP contribution is -2.13. The van der Waals surface area contributed by atoms with Gasteiger partial charge >= 0.3 is 0 Å². The number of aryl methyl sites for hydroxylation is 1. The summed E-state index contributed by atoms with van der Waals surface area (Å²) in [4.78, 5) is 4.35. The Labute approximate surface area is 115 Å². The Morgan fingerprint density at radius 3 is 2.83 bits per heavy atom. The van der Waals surface area contributed by atoms with Crippen LogP contribution in [0.5, 0.6) is 0 Å². The average molecular weight is 303 g/mol. The zero-order valence-corrected chi connectivity index (χ0v) is 11.9. The Morgan fingerprint density at radius 1 is 1.44 bits per heavy atom. The third kappa shape index (κ3) is 3.22. The number of nitrogens with one attached hydrogen (secondary N) is 1. The molecule has 0 unspecified atom stereocenters. The number of rotatable bonds is 4. The van der Waals surface area contributed by atoms with Crippen molar-refractivity contribution in [3.05, 3.63) is 34.7 Å². The SMILES string of the molecule is Cc1nc(-c2cccc(NS(=O)(=O)CCl)c2)cs1. The Balaban J connectivity index is 2.31. The molecule has 1 aromatic carbocycles. The predicted molar refractivity (Wildman–Crippen MR) is 75.5 cm³/mol. The molecule has 2 aromatic rings. The van der Waals surface area contributed by atoms with E-state index in [0.717, 1.165) is 16.3 Å². The van der Waals surface area contributed by atoms with Crippen LogP contribution in [0.1, 0.15) is 5.01 Å². The van der Waals surface area contributed by atoms with Crippen LogP contribution in [-0.2, 0) is 10.0 Å². The number of anilines is 1. The predicted octanol–water partition coefficient (Wildman–Crippen LogP) is 3.06. The van der Waals surface area contributed by atoms with Gasteiger partial charge in [-0.25, -0.2) is 13.4 Å². The van der Waals surface area contributed by atoms with Crippen LogP contribution in [0.15, 0.2) is 29.6 Å². The minimum atomic E-state index is -3.47. The molecule has 1 heterocycles. The van der Waals surface area contributed by atoms with Crippen molar-refractivity contribution in [2.24, 2.45) is 0 Å². The quantitative estimate of drug-likeness (QED) is 0.883. The fourth-order valence-corrected chi connectivity index (χ4v) is 2.77. The normalized spacial score (nSPS) is 11.4. The van der Waals surface area contributed by atoms with E-state index >= 15 is 0 Å². The molecule has 4 nitrogen and oxygen atoms in total. The summed E-state index contributed by atoms with van der Waals surface area (Å²) in [6.45, 7) is 1.92. The number of hydrogen-bond acceptors (Lipinski definition) is 4. The summed E-state index contributed by atoms with van der Waals surface area (Å²) < 4.78 is 25.1. The number of halogens is 1. The van der Waals surface area contributed by atoms with E-state index in [1.165, 1.54) is 0 Å². The lowest BCUT2D eigenvalue weighted by molar-refractivity contribution is 0.605. The van der Waals surface area contributed by atoms with E-state index < -0.39 is 15.2 Å². The van der Waals surface area contributed by atoms with Crippen LogP contribution in [0, 0.1) is 6.92 Å². The number of nitrogens with zero attached hydrogens (tertiary/aromatic N) is 1. The first-order chi connectivity index (χ1) is 8.50. The number of benzene rings is 1. The maximum Gasteiger partial charge on any atom is 0.246 e. The molecule has 0 saturated carbocycles. The van der Waals surface area contributed by atoms with Crippen molar-refractivity contribution in [3.8, 4) is 11.3 Å². The van der Waals surface area contributed by atoms with Gasteiger partial charge in [-0.2, -0.15) is 0 Å². The molecule has 1 aromatic heterocycles. The van der Waals surface area contributed by atoms with E-state index in [0.29, 0.717) is 5.69 Å². The summed E-state index contributed by atoms with van der Waals surface area (Å²) in [5, 5.41) is 2.44. The molecule has 0 aliphatic heterocycles. The lowest BCUT2D eigenvalue weighted by atomic mass is 10.1.